The van der Waals surface area contributed by atoms with Crippen LogP contribution in [-0.4, -0.2) is 32.5 Å². The van der Waals surface area contributed by atoms with Crippen LogP contribution in [-0.2, 0) is 11.3 Å². The van der Waals surface area contributed by atoms with Crippen LogP contribution in [0.2, 0.25) is 0 Å². The Morgan fingerprint density at radius 3 is 2.84 bits per heavy atom. The van der Waals surface area contributed by atoms with E-state index in [0.717, 1.165) is 22.8 Å². The molecule has 3 fully saturated rings. The standard InChI is InChI=1S/C19H28N4OS/c1-3-8-23-18(14-6-7-14)21-22-19(23)25-11-17(24)20-12(2)16-10-13-4-5-15(16)9-13/h3,12-16H,1,4-11H2,2H3,(H,20,24)/t12-,13+,15+,16-/m1/s1. The van der Waals surface area contributed by atoms with Crippen molar-refractivity contribution >= 4 is 17.7 Å². The van der Waals surface area contributed by atoms with Gasteiger partial charge >= 0.3 is 0 Å². The highest BCUT2D eigenvalue weighted by atomic mass is 32.2. The minimum atomic E-state index is 0.112. The largest absolute Gasteiger partial charge is 0.353 e. The van der Waals surface area contributed by atoms with E-state index in [4.69, 9.17) is 0 Å². The molecule has 0 spiro atoms. The predicted molar refractivity (Wildman–Crippen MR) is 99.5 cm³/mol. The molecule has 2 bridgehead atoms. The maximum absolute atomic E-state index is 12.4. The van der Waals surface area contributed by atoms with E-state index in [2.05, 4.69) is 33.6 Å². The molecule has 136 valence electrons. The first-order valence-corrected chi connectivity index (χ1v) is 10.6. The zero-order valence-corrected chi connectivity index (χ0v) is 15.8. The molecule has 3 aliphatic rings. The van der Waals surface area contributed by atoms with Crippen molar-refractivity contribution in [2.75, 3.05) is 5.75 Å². The molecule has 0 aliphatic heterocycles. The number of allylic oxidation sites excluding steroid dienone is 1. The summed E-state index contributed by atoms with van der Waals surface area (Å²) < 4.78 is 2.11. The molecular weight excluding hydrogens is 332 g/mol. The Bertz CT molecular complexity index is 654. The van der Waals surface area contributed by atoms with Gasteiger partial charge in [0.15, 0.2) is 5.16 Å². The summed E-state index contributed by atoms with van der Waals surface area (Å²) in [6, 6.07) is 0.288. The van der Waals surface area contributed by atoms with Gasteiger partial charge in [0, 0.05) is 18.5 Å². The number of carbonyl (C=O) groups is 1. The lowest BCUT2D eigenvalue weighted by Gasteiger charge is -2.28. The number of rotatable bonds is 8. The second-order valence-corrected chi connectivity index (χ2v) is 8.94. The molecule has 4 rings (SSSR count). The van der Waals surface area contributed by atoms with Crippen molar-refractivity contribution in [2.24, 2.45) is 17.8 Å². The van der Waals surface area contributed by atoms with Crippen LogP contribution in [0.25, 0.3) is 0 Å². The quantitative estimate of drug-likeness (QED) is 0.570. The summed E-state index contributed by atoms with van der Waals surface area (Å²) in [6.45, 7) is 6.72. The van der Waals surface area contributed by atoms with Crippen LogP contribution in [0.1, 0.15) is 57.2 Å². The van der Waals surface area contributed by atoms with Crippen LogP contribution in [0.5, 0.6) is 0 Å². The monoisotopic (exact) mass is 360 g/mol. The number of carbonyl (C=O) groups excluding carboxylic acids is 1. The first-order chi connectivity index (χ1) is 12.2. The number of nitrogens with zero attached hydrogens (tertiary/aromatic N) is 3. The maximum atomic E-state index is 12.4. The number of aromatic nitrogens is 3. The Morgan fingerprint density at radius 2 is 2.20 bits per heavy atom. The normalized spacial score (nSPS) is 28.9. The third-order valence-electron chi connectivity index (χ3n) is 6.16. The van der Waals surface area contributed by atoms with Crippen molar-refractivity contribution in [3.05, 3.63) is 18.5 Å². The van der Waals surface area contributed by atoms with Crippen LogP contribution in [0.4, 0.5) is 0 Å². The number of nitrogens with one attached hydrogen (secondary N) is 1. The number of amides is 1. The minimum Gasteiger partial charge on any atom is -0.353 e. The molecule has 3 saturated carbocycles. The lowest BCUT2D eigenvalue weighted by Crippen LogP contribution is -2.40. The van der Waals surface area contributed by atoms with Gasteiger partial charge in [0.2, 0.25) is 5.91 Å². The molecule has 1 heterocycles. The highest BCUT2D eigenvalue weighted by molar-refractivity contribution is 7.99. The fourth-order valence-corrected chi connectivity index (χ4v) is 5.56. The highest BCUT2D eigenvalue weighted by Gasteiger charge is 2.42. The molecule has 6 heteroatoms. The topological polar surface area (TPSA) is 59.8 Å². The number of hydrogen-bond acceptors (Lipinski definition) is 4. The van der Waals surface area contributed by atoms with Gasteiger partial charge in [-0.25, -0.2) is 0 Å². The molecule has 0 aromatic carbocycles. The van der Waals surface area contributed by atoms with Gasteiger partial charge in [0.25, 0.3) is 0 Å². The van der Waals surface area contributed by atoms with E-state index >= 15 is 0 Å². The lowest BCUT2D eigenvalue weighted by atomic mass is 9.84. The zero-order chi connectivity index (χ0) is 17.4. The van der Waals surface area contributed by atoms with E-state index in [1.165, 1.54) is 50.3 Å². The number of hydrogen-bond donors (Lipinski definition) is 1. The molecule has 25 heavy (non-hydrogen) atoms. The fraction of sp³-hybridized carbons (Fsp3) is 0.737. The van der Waals surface area contributed by atoms with Gasteiger partial charge in [0.05, 0.1) is 5.75 Å². The van der Waals surface area contributed by atoms with E-state index in [1.54, 1.807) is 0 Å². The van der Waals surface area contributed by atoms with E-state index in [0.29, 0.717) is 24.1 Å². The lowest BCUT2D eigenvalue weighted by molar-refractivity contribution is -0.119. The zero-order valence-electron chi connectivity index (χ0n) is 15.0. The molecule has 1 aromatic rings. The summed E-state index contributed by atoms with van der Waals surface area (Å²) in [5.74, 6) is 4.56. The first-order valence-electron chi connectivity index (χ1n) is 9.61. The summed E-state index contributed by atoms with van der Waals surface area (Å²) in [4.78, 5) is 12.4. The Balaban J connectivity index is 1.30. The Kier molecular flexibility index (Phi) is 4.89. The molecule has 3 aliphatic carbocycles. The van der Waals surface area contributed by atoms with Crippen molar-refractivity contribution in [3.8, 4) is 0 Å². The summed E-state index contributed by atoms with van der Waals surface area (Å²) in [5, 5.41) is 12.7. The van der Waals surface area contributed by atoms with Gasteiger partial charge in [-0.1, -0.05) is 24.3 Å². The molecule has 4 atom stereocenters. The number of fused-ring (bicyclic) bond motifs is 2. The molecule has 5 nitrogen and oxygen atoms in total. The van der Waals surface area contributed by atoms with E-state index < -0.39 is 0 Å². The second-order valence-electron chi connectivity index (χ2n) is 8.00. The van der Waals surface area contributed by atoms with E-state index in [1.807, 2.05) is 6.08 Å². The highest BCUT2D eigenvalue weighted by Crippen LogP contribution is 2.49. The smallest absolute Gasteiger partial charge is 0.230 e. The summed E-state index contributed by atoms with van der Waals surface area (Å²) in [7, 11) is 0. The average Bonchev–Trinajstić information content (AvgIpc) is 3.04. The Labute approximate surface area is 154 Å². The molecule has 0 saturated heterocycles. The minimum absolute atomic E-state index is 0.112. The molecule has 1 N–H and O–H groups in total. The van der Waals surface area contributed by atoms with Gasteiger partial charge < -0.3 is 9.88 Å². The summed E-state index contributed by atoms with van der Waals surface area (Å²) in [5.41, 5.74) is 0. The van der Waals surface area contributed by atoms with Crippen molar-refractivity contribution in [1.29, 1.82) is 0 Å². The Morgan fingerprint density at radius 1 is 1.36 bits per heavy atom. The van der Waals surface area contributed by atoms with Gasteiger partial charge in [0.1, 0.15) is 5.82 Å². The third kappa shape index (κ3) is 3.64. The van der Waals surface area contributed by atoms with Crippen LogP contribution in [0, 0.1) is 17.8 Å². The van der Waals surface area contributed by atoms with Gasteiger partial charge in [-0.05, 0) is 56.8 Å². The van der Waals surface area contributed by atoms with Gasteiger partial charge in [-0.2, -0.15) is 0 Å². The van der Waals surface area contributed by atoms with E-state index in [9.17, 15) is 4.79 Å². The summed E-state index contributed by atoms with van der Waals surface area (Å²) in [6.07, 6.45) is 9.71. The van der Waals surface area contributed by atoms with Gasteiger partial charge in [-0.15, -0.1) is 16.8 Å². The molecular formula is C19H28N4OS. The van der Waals surface area contributed by atoms with Crippen LogP contribution in [0.3, 0.4) is 0 Å². The van der Waals surface area contributed by atoms with E-state index in [-0.39, 0.29) is 11.9 Å². The van der Waals surface area contributed by atoms with Crippen LogP contribution in [0.15, 0.2) is 17.8 Å². The van der Waals surface area contributed by atoms with Crippen LogP contribution < -0.4 is 5.32 Å². The second kappa shape index (κ2) is 7.14. The molecule has 0 radical (unpaired) electrons. The molecule has 1 aromatic heterocycles. The maximum Gasteiger partial charge on any atom is 0.230 e. The number of thioether (sulfide) groups is 1. The average molecular weight is 361 g/mol. The van der Waals surface area contributed by atoms with Crippen molar-refractivity contribution in [2.45, 2.75) is 69.1 Å². The summed E-state index contributed by atoms with van der Waals surface area (Å²) >= 11 is 1.49. The van der Waals surface area contributed by atoms with Crippen LogP contribution >= 0.6 is 11.8 Å². The molecule has 1 amide bonds. The molecule has 0 unspecified atom stereocenters. The van der Waals surface area contributed by atoms with Gasteiger partial charge in [-0.3, -0.25) is 4.79 Å². The third-order valence-corrected chi connectivity index (χ3v) is 7.12. The van der Waals surface area contributed by atoms with Crippen molar-refractivity contribution in [3.63, 3.8) is 0 Å². The van der Waals surface area contributed by atoms with Crippen molar-refractivity contribution < 1.29 is 4.79 Å². The SMILES string of the molecule is C=CCn1c(SCC(=O)N[C@H](C)[C@H]2C[C@H]3CC[C@H]2C3)nnc1C1CC1. The van der Waals surface area contributed by atoms with Crippen molar-refractivity contribution in [1.82, 2.24) is 20.1 Å². The predicted octanol–water partition coefficient (Wildman–Crippen LogP) is 3.37. The Hall–Kier alpha value is -1.30. The fourth-order valence-electron chi connectivity index (χ4n) is 4.79. The first kappa shape index (κ1) is 17.1.